The minimum atomic E-state index is -0.0126. The number of hydrogen-bond acceptors (Lipinski definition) is 4. The molecule has 0 atom stereocenters. The fraction of sp³-hybridized carbons (Fsp3) is 0.412. The van der Waals surface area contributed by atoms with Crippen LogP contribution in [0.2, 0.25) is 0 Å². The van der Waals surface area contributed by atoms with E-state index in [0.717, 1.165) is 36.2 Å². The van der Waals surface area contributed by atoms with Gasteiger partial charge in [0, 0.05) is 49.3 Å². The average Bonchev–Trinajstić information content (AvgIpc) is 2.56. The smallest absolute Gasteiger partial charge is 0.293 e. The van der Waals surface area contributed by atoms with E-state index in [4.69, 9.17) is 4.74 Å². The third-order valence-electron chi connectivity index (χ3n) is 4.08. The van der Waals surface area contributed by atoms with E-state index in [1.165, 1.54) is 0 Å². The average molecular weight is 378 g/mol. The van der Waals surface area contributed by atoms with Gasteiger partial charge in [-0.2, -0.15) is 0 Å². The predicted molar refractivity (Wildman–Crippen MR) is 94.2 cm³/mol. The third-order valence-corrected chi connectivity index (χ3v) is 4.57. The highest BCUT2D eigenvalue weighted by Crippen LogP contribution is 2.23. The van der Waals surface area contributed by atoms with Gasteiger partial charge in [-0.15, -0.1) is 0 Å². The number of nitrogens with zero attached hydrogens (tertiary/aromatic N) is 3. The van der Waals surface area contributed by atoms with Crippen molar-refractivity contribution < 1.29 is 4.74 Å². The highest BCUT2D eigenvalue weighted by atomic mass is 79.9. The number of ether oxygens (including phenoxy) is 1. The summed E-state index contributed by atoms with van der Waals surface area (Å²) in [4.78, 5) is 18.7. The zero-order valence-electron chi connectivity index (χ0n) is 13.1. The van der Waals surface area contributed by atoms with Gasteiger partial charge >= 0.3 is 0 Å². The van der Waals surface area contributed by atoms with E-state index in [-0.39, 0.29) is 11.7 Å². The molecule has 3 rings (SSSR count). The quantitative estimate of drug-likeness (QED) is 0.821. The Morgan fingerprint density at radius 3 is 2.83 bits per heavy atom. The van der Waals surface area contributed by atoms with Gasteiger partial charge in [0.15, 0.2) is 5.82 Å². The van der Waals surface area contributed by atoms with Crippen molar-refractivity contribution in [2.24, 2.45) is 0 Å². The number of benzene rings is 1. The van der Waals surface area contributed by atoms with E-state index in [1.807, 2.05) is 31.2 Å². The summed E-state index contributed by atoms with van der Waals surface area (Å²) in [5.74, 6) is 1.43. The number of hydrogen-bond donors (Lipinski definition) is 0. The van der Waals surface area contributed by atoms with Crippen LogP contribution in [0.1, 0.15) is 19.8 Å². The Balaban J connectivity index is 1.64. The summed E-state index contributed by atoms with van der Waals surface area (Å²) >= 11 is 3.46. The van der Waals surface area contributed by atoms with Gasteiger partial charge in [0.2, 0.25) is 0 Å². The van der Waals surface area contributed by atoms with Crippen molar-refractivity contribution in [2.75, 3.05) is 18.0 Å². The molecular weight excluding hydrogens is 358 g/mol. The van der Waals surface area contributed by atoms with Gasteiger partial charge in [-0.1, -0.05) is 22.0 Å². The lowest BCUT2D eigenvalue weighted by molar-refractivity contribution is 0.170. The first-order valence-corrected chi connectivity index (χ1v) is 8.69. The summed E-state index contributed by atoms with van der Waals surface area (Å²) in [6.07, 6.45) is 5.38. The molecule has 0 unspecified atom stereocenters. The van der Waals surface area contributed by atoms with Gasteiger partial charge in [0.25, 0.3) is 5.56 Å². The predicted octanol–water partition coefficient (Wildman–Crippen LogP) is 3.07. The molecule has 5 nitrogen and oxygen atoms in total. The Hall–Kier alpha value is -1.82. The van der Waals surface area contributed by atoms with Crippen molar-refractivity contribution in [3.63, 3.8) is 0 Å². The number of aryl methyl sites for hydroxylation is 1. The summed E-state index contributed by atoms with van der Waals surface area (Å²) in [7, 11) is 0. The molecule has 6 heteroatoms. The van der Waals surface area contributed by atoms with Gasteiger partial charge in [0.1, 0.15) is 11.9 Å². The molecule has 0 bridgehead atoms. The molecule has 1 saturated heterocycles. The summed E-state index contributed by atoms with van der Waals surface area (Å²) in [6, 6.07) is 7.89. The lowest BCUT2D eigenvalue weighted by atomic mass is 10.1. The number of anilines is 1. The standard InChI is InChI=1S/C17H20BrN3O2/c1-2-20-11-8-19-16(17(20)22)21-9-6-14(7-10-21)23-15-5-3-4-13(18)12-15/h3-5,8,11-12,14H,2,6-7,9-10H2,1H3. The summed E-state index contributed by atoms with van der Waals surface area (Å²) < 4.78 is 8.74. The topological polar surface area (TPSA) is 47.4 Å². The molecule has 0 saturated carbocycles. The first kappa shape index (κ1) is 16.1. The van der Waals surface area contributed by atoms with Crippen LogP contribution in [-0.2, 0) is 6.54 Å². The van der Waals surface area contributed by atoms with Gasteiger partial charge in [-0.05, 0) is 25.1 Å². The Bertz CT molecular complexity index is 724. The molecule has 0 amide bonds. The third kappa shape index (κ3) is 3.75. The van der Waals surface area contributed by atoms with Gasteiger partial charge in [-0.3, -0.25) is 4.79 Å². The van der Waals surface area contributed by atoms with E-state index < -0.39 is 0 Å². The molecule has 0 radical (unpaired) electrons. The van der Waals surface area contributed by atoms with Crippen LogP contribution >= 0.6 is 15.9 Å². The first-order valence-electron chi connectivity index (χ1n) is 7.90. The van der Waals surface area contributed by atoms with Crippen LogP contribution in [0.3, 0.4) is 0 Å². The molecule has 2 aromatic rings. The number of rotatable bonds is 4. The molecule has 23 heavy (non-hydrogen) atoms. The number of aromatic nitrogens is 2. The molecule has 122 valence electrons. The van der Waals surface area contributed by atoms with Crippen molar-refractivity contribution in [2.45, 2.75) is 32.4 Å². The van der Waals surface area contributed by atoms with Gasteiger partial charge in [0.05, 0.1) is 0 Å². The molecule has 1 aromatic carbocycles. The van der Waals surface area contributed by atoms with E-state index in [0.29, 0.717) is 12.4 Å². The Morgan fingerprint density at radius 1 is 1.35 bits per heavy atom. The minimum absolute atomic E-state index is 0.0126. The largest absolute Gasteiger partial charge is 0.490 e. The molecule has 0 spiro atoms. The maximum absolute atomic E-state index is 12.3. The van der Waals surface area contributed by atoms with E-state index in [1.54, 1.807) is 17.0 Å². The zero-order chi connectivity index (χ0) is 16.2. The maximum Gasteiger partial charge on any atom is 0.293 e. The highest BCUT2D eigenvalue weighted by Gasteiger charge is 2.23. The molecular formula is C17H20BrN3O2. The maximum atomic E-state index is 12.3. The van der Waals surface area contributed by atoms with Crippen LogP contribution in [0.25, 0.3) is 0 Å². The van der Waals surface area contributed by atoms with E-state index in [2.05, 4.69) is 25.8 Å². The monoisotopic (exact) mass is 377 g/mol. The van der Waals surface area contributed by atoms with E-state index in [9.17, 15) is 4.79 Å². The summed E-state index contributed by atoms with van der Waals surface area (Å²) in [5.41, 5.74) is -0.0126. The summed E-state index contributed by atoms with van der Waals surface area (Å²) in [6.45, 7) is 4.20. The molecule has 1 fully saturated rings. The molecule has 1 aliphatic rings. The van der Waals surface area contributed by atoms with Crippen LogP contribution in [0.15, 0.2) is 45.9 Å². The Kier molecular flexibility index (Phi) is 5.00. The van der Waals surface area contributed by atoms with Crippen molar-refractivity contribution in [1.82, 2.24) is 9.55 Å². The fourth-order valence-corrected chi connectivity index (χ4v) is 3.20. The van der Waals surface area contributed by atoms with E-state index >= 15 is 0 Å². The molecule has 1 aliphatic heterocycles. The van der Waals surface area contributed by atoms with Gasteiger partial charge in [-0.25, -0.2) is 4.98 Å². The van der Waals surface area contributed by atoms with Crippen molar-refractivity contribution in [3.05, 3.63) is 51.5 Å². The van der Waals surface area contributed by atoms with Crippen LogP contribution in [0.4, 0.5) is 5.82 Å². The zero-order valence-corrected chi connectivity index (χ0v) is 14.7. The lowest BCUT2D eigenvalue weighted by Gasteiger charge is -2.32. The normalized spacial score (nSPS) is 15.7. The lowest BCUT2D eigenvalue weighted by Crippen LogP contribution is -2.42. The highest BCUT2D eigenvalue weighted by molar-refractivity contribution is 9.10. The van der Waals surface area contributed by atoms with Crippen LogP contribution < -0.4 is 15.2 Å². The van der Waals surface area contributed by atoms with Crippen molar-refractivity contribution >= 4 is 21.7 Å². The minimum Gasteiger partial charge on any atom is -0.490 e. The second-order valence-corrected chi connectivity index (χ2v) is 6.52. The van der Waals surface area contributed by atoms with Crippen molar-refractivity contribution in [1.29, 1.82) is 0 Å². The Labute approximate surface area is 144 Å². The molecule has 0 aliphatic carbocycles. The molecule has 0 N–H and O–H groups in total. The second kappa shape index (κ2) is 7.17. The first-order chi connectivity index (χ1) is 11.2. The number of halogens is 1. The number of piperidine rings is 1. The Morgan fingerprint density at radius 2 is 2.13 bits per heavy atom. The molecule has 2 heterocycles. The molecule has 1 aromatic heterocycles. The fourth-order valence-electron chi connectivity index (χ4n) is 2.82. The van der Waals surface area contributed by atoms with Crippen LogP contribution in [0.5, 0.6) is 5.75 Å². The second-order valence-electron chi connectivity index (χ2n) is 5.60. The van der Waals surface area contributed by atoms with Crippen LogP contribution in [0, 0.1) is 0 Å². The van der Waals surface area contributed by atoms with Gasteiger partial charge < -0.3 is 14.2 Å². The van der Waals surface area contributed by atoms with Crippen LogP contribution in [-0.4, -0.2) is 28.7 Å². The van der Waals surface area contributed by atoms with Crippen molar-refractivity contribution in [3.8, 4) is 5.75 Å². The summed E-state index contributed by atoms with van der Waals surface area (Å²) in [5, 5.41) is 0. The SMILES string of the molecule is CCn1ccnc(N2CCC(Oc3cccc(Br)c3)CC2)c1=O.